The third kappa shape index (κ3) is 4.30. The Kier molecular flexibility index (Phi) is 6.65. The summed E-state index contributed by atoms with van der Waals surface area (Å²) in [7, 11) is 1.58. The second kappa shape index (κ2) is 9.61. The maximum Gasteiger partial charge on any atom is 0.309 e. The Morgan fingerprint density at radius 3 is 2.69 bits per heavy atom. The van der Waals surface area contributed by atoms with Crippen molar-refractivity contribution in [2.75, 3.05) is 27.0 Å². The first-order chi connectivity index (χ1) is 15.5. The molecule has 0 radical (unpaired) electrons. The van der Waals surface area contributed by atoms with Crippen molar-refractivity contribution >= 4 is 11.8 Å². The van der Waals surface area contributed by atoms with Gasteiger partial charge in [-0.15, -0.1) is 0 Å². The van der Waals surface area contributed by atoms with Crippen molar-refractivity contribution in [3.8, 4) is 17.2 Å². The molecular formula is C25H29NO6. The summed E-state index contributed by atoms with van der Waals surface area (Å²) in [6.45, 7) is 2.88. The minimum Gasteiger partial charge on any atom is -0.496 e. The Hall–Kier alpha value is -3.06. The number of benzene rings is 2. The lowest BCUT2D eigenvalue weighted by atomic mass is 9.82. The van der Waals surface area contributed by atoms with Gasteiger partial charge in [-0.1, -0.05) is 37.6 Å². The molecule has 0 bridgehead atoms. The lowest BCUT2D eigenvalue weighted by Gasteiger charge is -2.28. The molecule has 0 aliphatic carbocycles. The van der Waals surface area contributed by atoms with Gasteiger partial charge < -0.3 is 19.3 Å². The van der Waals surface area contributed by atoms with E-state index >= 15 is 0 Å². The summed E-state index contributed by atoms with van der Waals surface area (Å²) in [6, 6.07) is 12.6. The molecule has 32 heavy (non-hydrogen) atoms. The third-order valence-corrected chi connectivity index (χ3v) is 6.35. The number of carboxylic acid groups (broad SMARTS) is 1. The Bertz CT molecular complexity index is 990. The molecule has 1 fully saturated rings. The van der Waals surface area contributed by atoms with E-state index in [0.717, 1.165) is 24.0 Å². The van der Waals surface area contributed by atoms with Crippen molar-refractivity contribution in [1.82, 2.24) is 4.90 Å². The van der Waals surface area contributed by atoms with Crippen molar-refractivity contribution < 1.29 is 28.9 Å². The van der Waals surface area contributed by atoms with Crippen LogP contribution >= 0.6 is 0 Å². The van der Waals surface area contributed by atoms with Crippen LogP contribution in [-0.4, -0.2) is 48.8 Å². The number of methoxy groups -OCH3 is 1. The largest absolute Gasteiger partial charge is 0.496 e. The standard InChI is InChI=1S/C25H29NO6/c1-3-4-7-17(27)13-26-14-19(16-10-11-21-22(12-16)32-15-31-21)23(25(28)29)24(26)18-8-5-6-9-20(18)30-2/h5-6,8-12,19,23-24H,3-4,7,13-15H2,1-2H3,(H,28,29). The molecule has 0 saturated carbocycles. The molecule has 2 aromatic carbocycles. The van der Waals surface area contributed by atoms with Gasteiger partial charge in [-0.05, 0) is 30.2 Å². The molecule has 2 aliphatic heterocycles. The molecule has 1 saturated heterocycles. The number of hydrogen-bond acceptors (Lipinski definition) is 6. The first kappa shape index (κ1) is 22.1. The van der Waals surface area contributed by atoms with Gasteiger partial charge in [0.1, 0.15) is 11.5 Å². The molecule has 1 N–H and O–H groups in total. The van der Waals surface area contributed by atoms with Crippen LogP contribution in [0.3, 0.4) is 0 Å². The summed E-state index contributed by atoms with van der Waals surface area (Å²) >= 11 is 0. The summed E-state index contributed by atoms with van der Waals surface area (Å²) < 4.78 is 16.5. The van der Waals surface area contributed by atoms with E-state index in [4.69, 9.17) is 14.2 Å². The summed E-state index contributed by atoms with van der Waals surface area (Å²) in [4.78, 5) is 27.3. The van der Waals surface area contributed by atoms with Crippen LogP contribution in [0.15, 0.2) is 42.5 Å². The molecule has 0 aromatic heterocycles. The summed E-state index contributed by atoms with van der Waals surface area (Å²) in [5, 5.41) is 10.3. The number of rotatable bonds is 9. The van der Waals surface area contributed by atoms with Crippen molar-refractivity contribution in [3.63, 3.8) is 0 Å². The van der Waals surface area contributed by atoms with Crippen LogP contribution in [0.2, 0.25) is 0 Å². The fourth-order valence-electron chi connectivity index (χ4n) is 4.83. The predicted octanol–water partition coefficient (Wildman–Crippen LogP) is 4.02. The van der Waals surface area contributed by atoms with Gasteiger partial charge in [0.2, 0.25) is 6.79 Å². The number of carbonyl (C=O) groups excluding carboxylic acids is 1. The van der Waals surface area contributed by atoms with E-state index in [-0.39, 0.29) is 25.0 Å². The highest BCUT2D eigenvalue weighted by Crippen LogP contribution is 2.49. The molecule has 4 rings (SSSR count). The summed E-state index contributed by atoms with van der Waals surface area (Å²) in [5.74, 6) is 0.0846. The Morgan fingerprint density at radius 2 is 1.94 bits per heavy atom. The number of aliphatic carboxylic acids is 1. The van der Waals surface area contributed by atoms with Crippen molar-refractivity contribution in [3.05, 3.63) is 53.6 Å². The number of fused-ring (bicyclic) bond motifs is 1. The molecular weight excluding hydrogens is 410 g/mol. The number of carbonyl (C=O) groups is 2. The zero-order valence-corrected chi connectivity index (χ0v) is 18.5. The molecule has 0 amide bonds. The number of unbranched alkanes of at least 4 members (excludes halogenated alkanes) is 1. The number of nitrogens with zero attached hydrogens (tertiary/aromatic N) is 1. The number of carboxylic acids is 1. The molecule has 2 aromatic rings. The zero-order valence-electron chi connectivity index (χ0n) is 18.5. The number of ether oxygens (including phenoxy) is 3. The van der Waals surface area contributed by atoms with Gasteiger partial charge in [-0.25, -0.2) is 0 Å². The van der Waals surface area contributed by atoms with Crippen LogP contribution in [0.5, 0.6) is 17.2 Å². The number of hydrogen-bond donors (Lipinski definition) is 1. The molecule has 7 heteroatoms. The van der Waals surface area contributed by atoms with E-state index in [2.05, 4.69) is 6.92 Å². The second-order valence-corrected chi connectivity index (χ2v) is 8.34. The fraction of sp³-hybridized carbons (Fsp3) is 0.440. The first-order valence-corrected chi connectivity index (χ1v) is 11.0. The number of para-hydroxylation sites is 1. The maximum atomic E-state index is 12.7. The topological polar surface area (TPSA) is 85.3 Å². The first-order valence-electron chi connectivity index (χ1n) is 11.0. The van der Waals surface area contributed by atoms with Crippen LogP contribution in [0, 0.1) is 5.92 Å². The van der Waals surface area contributed by atoms with Crippen LogP contribution in [0.4, 0.5) is 0 Å². The van der Waals surface area contributed by atoms with E-state index in [9.17, 15) is 14.7 Å². The van der Waals surface area contributed by atoms with Crippen LogP contribution in [-0.2, 0) is 9.59 Å². The zero-order chi connectivity index (χ0) is 22.7. The molecule has 3 atom stereocenters. The second-order valence-electron chi connectivity index (χ2n) is 8.34. The Morgan fingerprint density at radius 1 is 1.16 bits per heavy atom. The molecule has 7 nitrogen and oxygen atoms in total. The normalized spacial score (nSPS) is 22.1. The average molecular weight is 440 g/mol. The van der Waals surface area contributed by atoms with Gasteiger partial charge in [-0.2, -0.15) is 0 Å². The van der Waals surface area contributed by atoms with Crippen LogP contribution in [0.1, 0.15) is 49.3 Å². The minimum atomic E-state index is -0.896. The molecule has 2 heterocycles. The quantitative estimate of drug-likeness (QED) is 0.631. The minimum absolute atomic E-state index is 0.127. The lowest BCUT2D eigenvalue weighted by Crippen LogP contribution is -2.33. The lowest BCUT2D eigenvalue weighted by molar-refractivity contribution is -0.143. The highest BCUT2D eigenvalue weighted by atomic mass is 16.7. The van der Waals surface area contributed by atoms with E-state index in [1.54, 1.807) is 7.11 Å². The van der Waals surface area contributed by atoms with Crippen LogP contribution < -0.4 is 14.2 Å². The van der Waals surface area contributed by atoms with Gasteiger partial charge in [0.25, 0.3) is 0 Å². The molecule has 2 aliphatic rings. The van der Waals surface area contributed by atoms with Crippen molar-refractivity contribution in [2.24, 2.45) is 5.92 Å². The highest BCUT2D eigenvalue weighted by molar-refractivity contribution is 5.81. The van der Waals surface area contributed by atoms with Gasteiger partial charge in [0.05, 0.1) is 25.6 Å². The molecule has 170 valence electrons. The van der Waals surface area contributed by atoms with E-state index in [1.807, 2.05) is 47.4 Å². The number of Topliss-reactive ketones (excluding diaryl/α,β-unsaturated/α-hetero) is 1. The number of likely N-dealkylation sites (tertiary alicyclic amines) is 1. The van der Waals surface area contributed by atoms with E-state index < -0.39 is 17.9 Å². The number of ketones is 1. The Labute approximate surface area is 187 Å². The fourth-order valence-corrected chi connectivity index (χ4v) is 4.83. The smallest absolute Gasteiger partial charge is 0.309 e. The summed E-state index contributed by atoms with van der Waals surface area (Å²) in [5.41, 5.74) is 1.65. The van der Waals surface area contributed by atoms with Gasteiger partial charge in [0.15, 0.2) is 11.5 Å². The highest BCUT2D eigenvalue weighted by Gasteiger charge is 2.48. The summed E-state index contributed by atoms with van der Waals surface area (Å²) in [6.07, 6.45) is 2.28. The van der Waals surface area contributed by atoms with Crippen molar-refractivity contribution in [2.45, 2.75) is 38.1 Å². The average Bonchev–Trinajstić information content (AvgIpc) is 3.41. The molecule has 0 spiro atoms. The van der Waals surface area contributed by atoms with Gasteiger partial charge >= 0.3 is 5.97 Å². The maximum absolute atomic E-state index is 12.7. The van der Waals surface area contributed by atoms with E-state index in [0.29, 0.717) is 30.2 Å². The Balaban J connectivity index is 1.73. The van der Waals surface area contributed by atoms with Crippen molar-refractivity contribution in [1.29, 1.82) is 0 Å². The monoisotopic (exact) mass is 439 g/mol. The predicted molar refractivity (Wildman–Crippen MR) is 118 cm³/mol. The van der Waals surface area contributed by atoms with Crippen LogP contribution in [0.25, 0.3) is 0 Å². The van der Waals surface area contributed by atoms with Gasteiger partial charge in [0, 0.05) is 24.4 Å². The third-order valence-electron chi connectivity index (χ3n) is 6.35. The van der Waals surface area contributed by atoms with Gasteiger partial charge in [-0.3, -0.25) is 14.5 Å². The SMILES string of the molecule is CCCCC(=O)CN1CC(c2ccc3c(c2)OCO3)C(C(=O)O)C1c1ccccc1OC. The molecule has 3 unspecified atom stereocenters. The van der Waals surface area contributed by atoms with E-state index in [1.165, 1.54) is 0 Å².